The molecule has 0 bridgehead atoms. The summed E-state index contributed by atoms with van der Waals surface area (Å²) < 4.78 is 26.2. The average Bonchev–Trinajstić information content (AvgIpc) is 2.08. The minimum atomic E-state index is -1.40. The van der Waals surface area contributed by atoms with Crippen LogP contribution in [0.15, 0.2) is 12.1 Å². The third-order valence-corrected chi connectivity index (χ3v) is 1.85. The van der Waals surface area contributed by atoms with Crippen molar-refractivity contribution in [1.82, 2.24) is 4.90 Å². The molecule has 1 aromatic carbocycles. The van der Waals surface area contributed by atoms with Crippen LogP contribution in [0.4, 0.5) is 8.78 Å². The van der Waals surface area contributed by atoms with Crippen LogP contribution in [0.25, 0.3) is 0 Å². The predicted molar refractivity (Wildman–Crippen MR) is 50.7 cm³/mol. The van der Waals surface area contributed by atoms with E-state index in [-0.39, 0.29) is 12.1 Å². The molecule has 0 aliphatic carbocycles. The van der Waals surface area contributed by atoms with Crippen molar-refractivity contribution in [2.75, 3.05) is 14.1 Å². The lowest BCUT2D eigenvalue weighted by atomic mass is 10.1. The zero-order valence-electron chi connectivity index (χ0n) is 8.42. The van der Waals surface area contributed by atoms with Crippen LogP contribution in [0.2, 0.25) is 0 Å². The van der Waals surface area contributed by atoms with Gasteiger partial charge in [0.15, 0.2) is 0 Å². The van der Waals surface area contributed by atoms with Crippen LogP contribution in [0.5, 0.6) is 0 Å². The molecule has 0 saturated heterocycles. The topological polar surface area (TPSA) is 40.5 Å². The summed E-state index contributed by atoms with van der Waals surface area (Å²) in [5.41, 5.74) is -0.341. The SMILES string of the molecule is CN(C)Cc1cc(C(=O)O)c(F)cc1F. The van der Waals surface area contributed by atoms with E-state index in [9.17, 15) is 13.6 Å². The Bertz CT molecular complexity index is 391. The van der Waals surface area contributed by atoms with Crippen molar-refractivity contribution in [2.24, 2.45) is 0 Å². The normalized spacial score (nSPS) is 10.7. The largest absolute Gasteiger partial charge is 0.478 e. The van der Waals surface area contributed by atoms with Gasteiger partial charge in [0.1, 0.15) is 11.6 Å². The van der Waals surface area contributed by atoms with E-state index in [0.29, 0.717) is 6.07 Å². The second kappa shape index (κ2) is 4.35. The Morgan fingerprint density at radius 1 is 1.33 bits per heavy atom. The first-order valence-corrected chi connectivity index (χ1v) is 4.27. The highest BCUT2D eigenvalue weighted by atomic mass is 19.1. The van der Waals surface area contributed by atoms with Crippen LogP contribution >= 0.6 is 0 Å². The van der Waals surface area contributed by atoms with Crippen LogP contribution in [0.1, 0.15) is 15.9 Å². The van der Waals surface area contributed by atoms with Gasteiger partial charge in [-0.25, -0.2) is 13.6 Å². The molecule has 0 fully saturated rings. The van der Waals surface area contributed by atoms with Crippen LogP contribution in [-0.2, 0) is 6.54 Å². The molecule has 1 rings (SSSR count). The Hall–Kier alpha value is -1.49. The zero-order valence-corrected chi connectivity index (χ0v) is 8.42. The Labute approximate surface area is 85.9 Å². The lowest BCUT2D eigenvalue weighted by Crippen LogP contribution is -2.13. The summed E-state index contributed by atoms with van der Waals surface area (Å²) in [5.74, 6) is -3.18. The van der Waals surface area contributed by atoms with Gasteiger partial charge in [-0.05, 0) is 20.2 Å². The third-order valence-electron chi connectivity index (χ3n) is 1.85. The minimum Gasteiger partial charge on any atom is -0.478 e. The number of carboxylic acids is 1. The first-order chi connectivity index (χ1) is 6.91. The minimum absolute atomic E-state index is 0.166. The fourth-order valence-corrected chi connectivity index (χ4v) is 1.22. The highest BCUT2D eigenvalue weighted by molar-refractivity contribution is 5.88. The van der Waals surface area contributed by atoms with Gasteiger partial charge >= 0.3 is 5.97 Å². The maximum absolute atomic E-state index is 13.2. The predicted octanol–water partition coefficient (Wildman–Crippen LogP) is 1.72. The van der Waals surface area contributed by atoms with E-state index in [1.165, 1.54) is 0 Å². The molecule has 0 aliphatic rings. The first-order valence-electron chi connectivity index (χ1n) is 4.27. The molecule has 0 heterocycles. The molecule has 1 N–H and O–H groups in total. The number of hydrogen-bond donors (Lipinski definition) is 1. The lowest BCUT2D eigenvalue weighted by Gasteiger charge is -2.11. The van der Waals surface area contributed by atoms with E-state index in [2.05, 4.69) is 0 Å². The van der Waals surface area contributed by atoms with Crippen molar-refractivity contribution in [3.63, 3.8) is 0 Å². The molecule has 0 unspecified atom stereocenters. The number of halogens is 2. The smallest absolute Gasteiger partial charge is 0.338 e. The molecule has 0 amide bonds. The highest BCUT2D eigenvalue weighted by Gasteiger charge is 2.15. The van der Waals surface area contributed by atoms with Crippen LogP contribution in [0.3, 0.4) is 0 Å². The highest BCUT2D eigenvalue weighted by Crippen LogP contribution is 2.16. The summed E-state index contributed by atoms with van der Waals surface area (Å²) in [5, 5.41) is 8.64. The molecule has 0 atom stereocenters. The third kappa shape index (κ3) is 2.73. The second-order valence-electron chi connectivity index (χ2n) is 3.47. The fourth-order valence-electron chi connectivity index (χ4n) is 1.22. The molecule has 0 saturated carbocycles. The summed E-state index contributed by atoms with van der Waals surface area (Å²) >= 11 is 0. The number of nitrogens with zero attached hydrogens (tertiary/aromatic N) is 1. The number of benzene rings is 1. The van der Waals surface area contributed by atoms with Gasteiger partial charge in [0, 0.05) is 18.2 Å². The maximum atomic E-state index is 13.2. The van der Waals surface area contributed by atoms with Gasteiger partial charge in [-0.2, -0.15) is 0 Å². The number of hydrogen-bond acceptors (Lipinski definition) is 2. The molecule has 0 radical (unpaired) electrons. The van der Waals surface area contributed by atoms with E-state index < -0.39 is 23.2 Å². The van der Waals surface area contributed by atoms with Crippen molar-refractivity contribution in [2.45, 2.75) is 6.54 Å². The van der Waals surface area contributed by atoms with Crippen molar-refractivity contribution >= 4 is 5.97 Å². The quantitative estimate of drug-likeness (QED) is 0.834. The molecule has 1 aromatic rings. The van der Waals surface area contributed by atoms with Crippen molar-refractivity contribution < 1.29 is 18.7 Å². The van der Waals surface area contributed by atoms with Gasteiger partial charge in [0.05, 0.1) is 5.56 Å². The Morgan fingerprint density at radius 3 is 2.40 bits per heavy atom. The van der Waals surface area contributed by atoms with Gasteiger partial charge < -0.3 is 10.0 Å². The molecule has 15 heavy (non-hydrogen) atoms. The van der Waals surface area contributed by atoms with Gasteiger partial charge in [-0.1, -0.05) is 0 Å². The number of carbonyl (C=O) groups is 1. The number of rotatable bonds is 3. The summed E-state index contributed by atoms with van der Waals surface area (Å²) in [6.45, 7) is 0.229. The van der Waals surface area contributed by atoms with Crippen LogP contribution in [0, 0.1) is 11.6 Å². The van der Waals surface area contributed by atoms with Gasteiger partial charge in [-0.3, -0.25) is 0 Å². The number of aromatic carboxylic acids is 1. The summed E-state index contributed by atoms with van der Waals surface area (Å²) in [6, 6.07) is 1.62. The Morgan fingerprint density at radius 2 is 1.93 bits per heavy atom. The van der Waals surface area contributed by atoms with Gasteiger partial charge in [0.25, 0.3) is 0 Å². The van der Waals surface area contributed by atoms with E-state index in [0.717, 1.165) is 6.07 Å². The average molecular weight is 215 g/mol. The summed E-state index contributed by atoms with van der Waals surface area (Å²) in [4.78, 5) is 12.3. The van der Waals surface area contributed by atoms with Gasteiger partial charge in [-0.15, -0.1) is 0 Å². The first kappa shape index (κ1) is 11.6. The molecule has 82 valence electrons. The fraction of sp³-hybridized carbons (Fsp3) is 0.300. The summed E-state index contributed by atoms with van der Waals surface area (Å²) in [7, 11) is 3.42. The molecule has 3 nitrogen and oxygen atoms in total. The Balaban J connectivity index is 3.17. The van der Waals surface area contributed by atoms with Crippen LogP contribution in [-0.4, -0.2) is 30.1 Å². The molecule has 0 aromatic heterocycles. The molecular formula is C10H11F2NO2. The van der Waals surface area contributed by atoms with E-state index in [1.54, 1.807) is 19.0 Å². The second-order valence-corrected chi connectivity index (χ2v) is 3.47. The van der Waals surface area contributed by atoms with E-state index >= 15 is 0 Å². The molecule has 5 heteroatoms. The number of carboxylic acid groups (broad SMARTS) is 1. The molecule has 0 spiro atoms. The Kier molecular flexibility index (Phi) is 3.36. The maximum Gasteiger partial charge on any atom is 0.338 e. The van der Waals surface area contributed by atoms with Crippen molar-refractivity contribution in [1.29, 1.82) is 0 Å². The van der Waals surface area contributed by atoms with Gasteiger partial charge in [0.2, 0.25) is 0 Å². The van der Waals surface area contributed by atoms with Crippen LogP contribution < -0.4 is 0 Å². The van der Waals surface area contributed by atoms with E-state index in [4.69, 9.17) is 5.11 Å². The molecular weight excluding hydrogens is 204 g/mol. The van der Waals surface area contributed by atoms with E-state index in [1.807, 2.05) is 0 Å². The zero-order chi connectivity index (χ0) is 11.6. The van der Waals surface area contributed by atoms with Crippen molar-refractivity contribution in [3.8, 4) is 0 Å². The monoisotopic (exact) mass is 215 g/mol. The van der Waals surface area contributed by atoms with Crippen molar-refractivity contribution in [3.05, 3.63) is 34.9 Å². The summed E-state index contributed by atoms with van der Waals surface area (Å²) in [6.07, 6.45) is 0. The molecule has 0 aliphatic heterocycles. The lowest BCUT2D eigenvalue weighted by molar-refractivity contribution is 0.0691. The standard InChI is InChI=1S/C10H11F2NO2/c1-13(2)5-6-3-7(10(14)15)9(12)4-8(6)11/h3-4H,5H2,1-2H3,(H,14,15).